The molecule has 0 bridgehead atoms. The van der Waals surface area contributed by atoms with Gasteiger partial charge in [-0.25, -0.2) is 9.97 Å². The molecule has 1 N–H and O–H groups in total. The molecule has 0 saturated heterocycles. The van der Waals surface area contributed by atoms with Crippen molar-refractivity contribution in [3.63, 3.8) is 0 Å². The lowest BCUT2D eigenvalue weighted by atomic mass is 9.97. The number of alkyl halides is 3. The topological polar surface area (TPSA) is 76.9 Å². The largest absolute Gasteiger partial charge is 0.416 e. The van der Waals surface area contributed by atoms with Crippen LogP contribution < -0.4 is 16.2 Å². The van der Waals surface area contributed by atoms with Gasteiger partial charge in [0.2, 0.25) is 5.56 Å². The van der Waals surface area contributed by atoms with Crippen LogP contribution in [-0.4, -0.2) is 27.9 Å². The van der Waals surface area contributed by atoms with E-state index in [0.29, 0.717) is 44.5 Å². The number of nitrogens with one attached hydrogen (secondary N) is 1. The molecule has 4 rings (SSSR count). The molecular weight excluding hydrogens is 500 g/mol. The number of rotatable bonds is 5. The summed E-state index contributed by atoms with van der Waals surface area (Å²) in [6, 6.07) is 10.4. The van der Waals surface area contributed by atoms with Crippen LogP contribution in [0.3, 0.4) is 0 Å². The van der Waals surface area contributed by atoms with Gasteiger partial charge in [-0.05, 0) is 80.6 Å². The first-order valence-electron chi connectivity index (χ1n) is 11.6. The third-order valence-corrected chi connectivity index (χ3v) is 7.93. The van der Waals surface area contributed by atoms with Crippen molar-refractivity contribution in [1.29, 1.82) is 0 Å². The van der Waals surface area contributed by atoms with Gasteiger partial charge in [-0.3, -0.25) is 4.79 Å². The molecule has 2 aromatic carbocycles. The SMILES string of the molecule is Cc1nc(NC(C)c2cccc(C(F)(F)F)c2C)c2cc(-c3ccc(=O)n(C)c3)c(P(C)(C)=O)cc2n1. The lowest BCUT2D eigenvalue weighted by Crippen LogP contribution is -2.16. The van der Waals surface area contributed by atoms with E-state index in [1.165, 1.54) is 23.6 Å². The lowest BCUT2D eigenvalue weighted by molar-refractivity contribution is -0.138. The van der Waals surface area contributed by atoms with Gasteiger partial charge in [0.15, 0.2) is 0 Å². The van der Waals surface area contributed by atoms with E-state index in [1.807, 2.05) is 6.07 Å². The summed E-state index contributed by atoms with van der Waals surface area (Å²) >= 11 is 0. The van der Waals surface area contributed by atoms with E-state index in [1.54, 1.807) is 58.6 Å². The van der Waals surface area contributed by atoms with E-state index in [9.17, 15) is 22.5 Å². The minimum Gasteiger partial charge on any atom is -0.363 e. The molecule has 0 radical (unpaired) electrons. The van der Waals surface area contributed by atoms with Gasteiger partial charge in [-0.1, -0.05) is 12.1 Å². The molecule has 1 unspecified atom stereocenters. The molecule has 2 aromatic heterocycles. The Bertz CT molecular complexity index is 1620. The smallest absolute Gasteiger partial charge is 0.363 e. The molecule has 0 aliphatic rings. The molecule has 194 valence electrons. The summed E-state index contributed by atoms with van der Waals surface area (Å²) in [5, 5.41) is 4.52. The van der Waals surface area contributed by atoms with Crippen molar-refractivity contribution < 1.29 is 17.7 Å². The second-order valence-electron chi connectivity index (χ2n) is 9.61. The molecule has 6 nitrogen and oxygen atoms in total. The Labute approximate surface area is 213 Å². The molecule has 0 saturated carbocycles. The highest BCUT2D eigenvalue weighted by atomic mass is 31.2. The average molecular weight is 529 g/mol. The van der Waals surface area contributed by atoms with Crippen molar-refractivity contribution in [2.24, 2.45) is 7.05 Å². The minimum atomic E-state index is -4.45. The van der Waals surface area contributed by atoms with Crippen molar-refractivity contribution in [2.45, 2.75) is 33.0 Å². The average Bonchev–Trinajstić information content (AvgIpc) is 2.78. The maximum absolute atomic E-state index is 13.5. The van der Waals surface area contributed by atoms with Crippen LogP contribution in [0.5, 0.6) is 0 Å². The molecule has 4 aromatic rings. The number of hydrogen-bond donors (Lipinski definition) is 1. The van der Waals surface area contributed by atoms with Crippen LogP contribution in [0.4, 0.5) is 19.0 Å². The van der Waals surface area contributed by atoms with Crippen LogP contribution >= 0.6 is 7.14 Å². The van der Waals surface area contributed by atoms with Crippen LogP contribution in [0.1, 0.15) is 35.5 Å². The molecule has 2 heterocycles. The van der Waals surface area contributed by atoms with Crippen molar-refractivity contribution in [2.75, 3.05) is 18.6 Å². The number of benzene rings is 2. The fraction of sp³-hybridized carbons (Fsp3) is 0.296. The zero-order valence-electron chi connectivity index (χ0n) is 21.4. The predicted octanol–water partition coefficient (Wildman–Crippen LogP) is 6.05. The standard InChI is InChI=1S/C27H28F3N4O2P/c1-15-19(8-7-9-22(15)27(28,29)30)16(2)31-26-21-12-20(18-10-11-25(35)34(4)14-18)24(37(5,6)36)13-23(21)32-17(3)33-26/h7-14,16H,1-6H3,(H,31,32,33). The van der Waals surface area contributed by atoms with Crippen molar-refractivity contribution in [1.82, 2.24) is 14.5 Å². The minimum absolute atomic E-state index is 0.149. The Morgan fingerprint density at radius 2 is 1.76 bits per heavy atom. The quantitative estimate of drug-likeness (QED) is 0.319. The van der Waals surface area contributed by atoms with Gasteiger partial charge >= 0.3 is 6.18 Å². The number of aryl methyl sites for hydroxylation is 2. The first kappa shape index (κ1) is 26.6. The predicted molar refractivity (Wildman–Crippen MR) is 142 cm³/mol. The number of anilines is 1. The van der Waals surface area contributed by atoms with E-state index in [-0.39, 0.29) is 11.1 Å². The van der Waals surface area contributed by atoms with Gasteiger partial charge in [-0.2, -0.15) is 13.2 Å². The first-order chi connectivity index (χ1) is 17.2. The van der Waals surface area contributed by atoms with Crippen molar-refractivity contribution in [3.05, 3.63) is 81.5 Å². The Balaban J connectivity index is 1.90. The highest BCUT2D eigenvalue weighted by Gasteiger charge is 2.33. The zero-order chi connectivity index (χ0) is 27.3. The van der Waals surface area contributed by atoms with Gasteiger partial charge in [0.25, 0.3) is 0 Å². The van der Waals surface area contributed by atoms with Gasteiger partial charge in [-0.15, -0.1) is 0 Å². The van der Waals surface area contributed by atoms with Gasteiger partial charge < -0.3 is 14.4 Å². The Hall–Kier alpha value is -3.45. The van der Waals surface area contributed by atoms with Crippen molar-refractivity contribution in [3.8, 4) is 11.1 Å². The molecule has 0 aliphatic heterocycles. The number of hydrogen-bond acceptors (Lipinski definition) is 5. The Kier molecular flexibility index (Phi) is 6.80. The summed E-state index contributed by atoms with van der Waals surface area (Å²) < 4.78 is 55.2. The van der Waals surface area contributed by atoms with Gasteiger partial charge in [0.05, 0.1) is 17.1 Å². The molecule has 0 amide bonds. The molecular formula is C27H28F3N4O2P. The second-order valence-corrected chi connectivity index (χ2v) is 12.8. The van der Waals surface area contributed by atoms with Crippen LogP contribution in [0.15, 0.2) is 53.5 Å². The van der Waals surface area contributed by atoms with E-state index in [0.717, 1.165) is 6.07 Å². The fourth-order valence-corrected chi connectivity index (χ4v) is 5.74. The summed E-state index contributed by atoms with van der Waals surface area (Å²) in [6.45, 7) is 8.31. The summed E-state index contributed by atoms with van der Waals surface area (Å²) in [6.07, 6.45) is -2.77. The highest BCUT2D eigenvalue weighted by Crippen LogP contribution is 2.41. The maximum Gasteiger partial charge on any atom is 0.416 e. The fourth-order valence-electron chi connectivity index (χ4n) is 4.53. The third-order valence-electron chi connectivity index (χ3n) is 6.40. The molecule has 0 aliphatic carbocycles. The lowest BCUT2D eigenvalue weighted by Gasteiger charge is -2.22. The van der Waals surface area contributed by atoms with Gasteiger partial charge in [0, 0.05) is 30.0 Å². The number of aromatic nitrogens is 3. The van der Waals surface area contributed by atoms with E-state index in [2.05, 4.69) is 15.3 Å². The Morgan fingerprint density at radius 3 is 2.38 bits per heavy atom. The van der Waals surface area contributed by atoms with E-state index in [4.69, 9.17) is 0 Å². The highest BCUT2D eigenvalue weighted by molar-refractivity contribution is 7.70. The van der Waals surface area contributed by atoms with E-state index >= 15 is 0 Å². The summed E-state index contributed by atoms with van der Waals surface area (Å²) in [4.78, 5) is 21.1. The second kappa shape index (κ2) is 9.45. The number of halogens is 3. The van der Waals surface area contributed by atoms with Crippen LogP contribution in [0.2, 0.25) is 0 Å². The molecule has 0 spiro atoms. The van der Waals surface area contributed by atoms with Crippen molar-refractivity contribution >= 4 is 29.2 Å². The molecule has 10 heteroatoms. The number of fused-ring (bicyclic) bond motifs is 1. The van der Waals surface area contributed by atoms with Crippen LogP contribution in [-0.2, 0) is 17.8 Å². The van der Waals surface area contributed by atoms with Crippen LogP contribution in [0.25, 0.3) is 22.0 Å². The summed E-state index contributed by atoms with van der Waals surface area (Å²) in [7, 11) is -1.12. The zero-order valence-corrected chi connectivity index (χ0v) is 22.3. The normalized spacial score (nSPS) is 13.1. The number of pyridine rings is 1. The number of nitrogens with zero attached hydrogens (tertiary/aromatic N) is 3. The molecule has 37 heavy (non-hydrogen) atoms. The molecule has 0 fully saturated rings. The maximum atomic E-state index is 13.5. The van der Waals surface area contributed by atoms with Crippen LogP contribution in [0, 0.1) is 13.8 Å². The summed E-state index contributed by atoms with van der Waals surface area (Å²) in [5.41, 5.74) is 1.75. The summed E-state index contributed by atoms with van der Waals surface area (Å²) in [5.74, 6) is 0.914. The molecule has 1 atom stereocenters. The first-order valence-corrected chi connectivity index (χ1v) is 14.2. The monoisotopic (exact) mass is 528 g/mol. The van der Waals surface area contributed by atoms with Gasteiger partial charge in [0.1, 0.15) is 18.8 Å². The third kappa shape index (κ3) is 5.32. The van der Waals surface area contributed by atoms with E-state index < -0.39 is 24.9 Å². The Morgan fingerprint density at radius 1 is 1.05 bits per heavy atom.